The molecule has 0 bridgehead atoms. The Bertz CT molecular complexity index is 1120. The summed E-state index contributed by atoms with van der Waals surface area (Å²) in [7, 11) is 0. The molecule has 1 aliphatic rings. The van der Waals surface area contributed by atoms with Crippen LogP contribution in [0.4, 0.5) is 13.2 Å². The van der Waals surface area contributed by atoms with E-state index in [2.05, 4.69) is 9.97 Å². The van der Waals surface area contributed by atoms with Crippen molar-refractivity contribution in [1.82, 2.24) is 19.4 Å². The van der Waals surface area contributed by atoms with Gasteiger partial charge in [0.1, 0.15) is 24.6 Å². The first-order valence-electron chi connectivity index (χ1n) is 8.94. The number of amides is 1. The Kier molecular flexibility index (Phi) is 4.85. The van der Waals surface area contributed by atoms with E-state index in [1.165, 1.54) is 6.33 Å². The van der Waals surface area contributed by atoms with Crippen molar-refractivity contribution in [3.05, 3.63) is 52.2 Å². The molecule has 0 saturated carbocycles. The molecule has 3 aromatic rings. The molecule has 152 valence electrons. The van der Waals surface area contributed by atoms with Crippen LogP contribution in [-0.4, -0.2) is 44.1 Å². The van der Waals surface area contributed by atoms with Gasteiger partial charge in [-0.15, -0.1) is 0 Å². The lowest BCUT2D eigenvalue weighted by Gasteiger charge is -2.26. The fraction of sp³-hybridized carbons (Fsp3) is 0.316. The monoisotopic (exact) mass is 424 g/mol. The molecular formula is C19H16ClF3N4O2. The first-order chi connectivity index (χ1) is 13.8. The number of benzene rings is 1. The lowest BCUT2D eigenvalue weighted by atomic mass is 10.1. The molecule has 0 spiro atoms. The van der Waals surface area contributed by atoms with Gasteiger partial charge in [0.2, 0.25) is 5.91 Å². The van der Waals surface area contributed by atoms with E-state index >= 15 is 0 Å². The van der Waals surface area contributed by atoms with Crippen molar-refractivity contribution in [2.24, 2.45) is 0 Å². The van der Waals surface area contributed by atoms with Gasteiger partial charge in [-0.3, -0.25) is 14.2 Å². The molecule has 1 amide bonds. The number of carbonyl (C=O) groups is 1. The number of hydrogen-bond acceptors (Lipinski definition) is 3. The highest BCUT2D eigenvalue weighted by Gasteiger charge is 2.47. The van der Waals surface area contributed by atoms with Crippen LogP contribution in [0, 0.1) is 0 Å². The second-order valence-corrected chi connectivity index (χ2v) is 7.33. The maximum absolute atomic E-state index is 13.1. The number of aromatic amines is 1. The van der Waals surface area contributed by atoms with E-state index in [1.54, 1.807) is 30.5 Å². The number of hydrogen-bond donors (Lipinski definition) is 1. The van der Waals surface area contributed by atoms with Crippen molar-refractivity contribution < 1.29 is 18.0 Å². The van der Waals surface area contributed by atoms with Gasteiger partial charge in [-0.1, -0.05) is 23.7 Å². The summed E-state index contributed by atoms with van der Waals surface area (Å²) in [6.45, 7) is -0.479. The van der Waals surface area contributed by atoms with Crippen LogP contribution in [0.25, 0.3) is 22.2 Å². The molecule has 10 heteroatoms. The summed E-state index contributed by atoms with van der Waals surface area (Å²) in [5.74, 6) is -0.753. The molecule has 4 rings (SSSR count). The van der Waals surface area contributed by atoms with E-state index in [9.17, 15) is 22.8 Å². The maximum Gasteiger partial charge on any atom is 0.408 e. The molecule has 1 fully saturated rings. The van der Waals surface area contributed by atoms with Gasteiger partial charge >= 0.3 is 6.18 Å². The highest BCUT2D eigenvalue weighted by Crippen LogP contribution is 2.32. The number of nitrogens with zero attached hydrogens (tertiary/aromatic N) is 3. The third kappa shape index (κ3) is 3.62. The van der Waals surface area contributed by atoms with Crippen molar-refractivity contribution in [1.29, 1.82) is 0 Å². The Morgan fingerprint density at radius 1 is 1.28 bits per heavy atom. The fourth-order valence-corrected chi connectivity index (χ4v) is 3.79. The molecule has 1 aliphatic heterocycles. The predicted octanol–water partition coefficient (Wildman–Crippen LogP) is 3.60. The van der Waals surface area contributed by atoms with Gasteiger partial charge in [0, 0.05) is 23.3 Å². The summed E-state index contributed by atoms with van der Waals surface area (Å²) in [6, 6.07) is 5.03. The standard InChI is InChI=1S/C19H16ClF3N4O2/c20-12-5-3-11(4-6-12)13-8-24-17-16(13)18(29)26(10-25-17)9-15(28)27-7-1-2-14(27)19(21,22)23/h3-6,8,10,14,24H,1-2,7,9H2. The second kappa shape index (κ2) is 7.22. The number of H-pyrrole nitrogens is 1. The molecule has 3 heterocycles. The highest BCUT2D eigenvalue weighted by molar-refractivity contribution is 6.30. The summed E-state index contributed by atoms with van der Waals surface area (Å²) in [4.78, 5) is 33.3. The van der Waals surface area contributed by atoms with E-state index in [-0.39, 0.29) is 24.8 Å². The number of nitrogens with one attached hydrogen (secondary N) is 1. The summed E-state index contributed by atoms with van der Waals surface area (Å²) < 4.78 is 40.5. The van der Waals surface area contributed by atoms with Crippen LogP contribution < -0.4 is 5.56 Å². The molecule has 1 atom stereocenters. The number of halogens is 4. The topological polar surface area (TPSA) is 71.0 Å². The number of carbonyl (C=O) groups excluding carboxylic acids is 1. The number of likely N-dealkylation sites (tertiary alicyclic amines) is 1. The van der Waals surface area contributed by atoms with E-state index in [1.807, 2.05) is 0 Å². The normalized spacial score (nSPS) is 17.2. The van der Waals surface area contributed by atoms with Gasteiger partial charge in [0.05, 0.1) is 5.39 Å². The fourth-order valence-electron chi connectivity index (χ4n) is 3.67. The number of aromatic nitrogens is 3. The Morgan fingerprint density at radius 3 is 2.69 bits per heavy atom. The van der Waals surface area contributed by atoms with Crippen LogP contribution in [-0.2, 0) is 11.3 Å². The lowest BCUT2D eigenvalue weighted by Crippen LogP contribution is -2.46. The SMILES string of the molecule is O=C(Cn1cnc2[nH]cc(-c3ccc(Cl)cc3)c2c1=O)N1CCCC1C(F)(F)F. The number of alkyl halides is 3. The lowest BCUT2D eigenvalue weighted by molar-refractivity contribution is -0.183. The van der Waals surface area contributed by atoms with Crippen LogP contribution in [0.2, 0.25) is 5.02 Å². The smallest absolute Gasteiger partial charge is 0.345 e. The largest absolute Gasteiger partial charge is 0.408 e. The predicted molar refractivity (Wildman–Crippen MR) is 102 cm³/mol. The zero-order chi connectivity index (χ0) is 20.8. The third-order valence-electron chi connectivity index (χ3n) is 5.07. The van der Waals surface area contributed by atoms with Crippen molar-refractivity contribution in [2.45, 2.75) is 31.6 Å². The molecule has 1 aromatic carbocycles. The van der Waals surface area contributed by atoms with Crippen LogP contribution in [0.15, 0.2) is 41.6 Å². The summed E-state index contributed by atoms with van der Waals surface area (Å²) in [5, 5.41) is 0.802. The second-order valence-electron chi connectivity index (χ2n) is 6.90. The summed E-state index contributed by atoms with van der Waals surface area (Å²) in [5.41, 5.74) is 1.13. The zero-order valence-corrected chi connectivity index (χ0v) is 15.8. The van der Waals surface area contributed by atoms with Gasteiger partial charge in [0.15, 0.2) is 0 Å². The first kappa shape index (κ1) is 19.5. The molecule has 2 aromatic heterocycles. The van der Waals surface area contributed by atoms with Gasteiger partial charge in [-0.25, -0.2) is 4.98 Å². The number of fused-ring (bicyclic) bond motifs is 1. The van der Waals surface area contributed by atoms with E-state index in [0.717, 1.165) is 15.0 Å². The van der Waals surface area contributed by atoms with Crippen LogP contribution in [0.3, 0.4) is 0 Å². The Hall–Kier alpha value is -2.81. The Balaban J connectivity index is 1.68. The summed E-state index contributed by atoms with van der Waals surface area (Å²) in [6.07, 6.45) is -1.54. The molecule has 0 aliphatic carbocycles. The molecule has 1 unspecified atom stereocenters. The van der Waals surface area contributed by atoms with Gasteiger partial charge < -0.3 is 9.88 Å². The molecule has 1 N–H and O–H groups in total. The van der Waals surface area contributed by atoms with Crippen molar-refractivity contribution in [2.75, 3.05) is 6.54 Å². The first-order valence-corrected chi connectivity index (χ1v) is 9.32. The van der Waals surface area contributed by atoms with Gasteiger partial charge in [-0.05, 0) is 30.5 Å². The minimum Gasteiger partial charge on any atom is -0.345 e. The van der Waals surface area contributed by atoms with Gasteiger partial charge in [-0.2, -0.15) is 13.2 Å². The maximum atomic E-state index is 13.1. The minimum atomic E-state index is -4.48. The average molecular weight is 425 g/mol. The van der Waals surface area contributed by atoms with E-state index in [0.29, 0.717) is 16.2 Å². The molecule has 6 nitrogen and oxygen atoms in total. The summed E-state index contributed by atoms with van der Waals surface area (Å²) >= 11 is 5.90. The van der Waals surface area contributed by atoms with Crippen molar-refractivity contribution >= 4 is 28.5 Å². The zero-order valence-electron chi connectivity index (χ0n) is 15.0. The molecular weight excluding hydrogens is 409 g/mol. The van der Waals surface area contributed by atoms with Crippen molar-refractivity contribution in [3.63, 3.8) is 0 Å². The Morgan fingerprint density at radius 2 is 2.00 bits per heavy atom. The quantitative estimate of drug-likeness (QED) is 0.698. The highest BCUT2D eigenvalue weighted by atomic mass is 35.5. The van der Waals surface area contributed by atoms with Crippen molar-refractivity contribution in [3.8, 4) is 11.1 Å². The average Bonchev–Trinajstić information content (AvgIpc) is 3.32. The third-order valence-corrected chi connectivity index (χ3v) is 5.32. The minimum absolute atomic E-state index is 0.0214. The Labute approximate surface area is 167 Å². The molecule has 1 saturated heterocycles. The van der Waals surface area contributed by atoms with E-state index < -0.39 is 30.2 Å². The van der Waals surface area contributed by atoms with Crippen LogP contribution >= 0.6 is 11.6 Å². The van der Waals surface area contributed by atoms with E-state index in [4.69, 9.17) is 11.6 Å². The number of rotatable bonds is 3. The molecule has 29 heavy (non-hydrogen) atoms. The van der Waals surface area contributed by atoms with Crippen LogP contribution in [0.1, 0.15) is 12.8 Å². The van der Waals surface area contributed by atoms with Gasteiger partial charge in [0.25, 0.3) is 5.56 Å². The van der Waals surface area contributed by atoms with Crippen LogP contribution in [0.5, 0.6) is 0 Å². The molecule has 0 radical (unpaired) electrons.